The molecule has 0 N–H and O–H groups in total. The quantitative estimate of drug-likeness (QED) is 0.799. The summed E-state index contributed by atoms with van der Waals surface area (Å²) in [5, 5.41) is 5.36. The molecule has 1 aromatic heterocycles. The first-order valence-corrected chi connectivity index (χ1v) is 7.51. The molecule has 0 radical (unpaired) electrons. The smallest absolute Gasteiger partial charge is 0.234 e. The molecule has 2 aromatic rings. The number of nitrogens with zero attached hydrogens (tertiary/aromatic N) is 4. The molecule has 1 aromatic carbocycles. The van der Waals surface area contributed by atoms with E-state index >= 15 is 0 Å². The predicted octanol–water partition coefficient (Wildman–Crippen LogP) is 1.63. The maximum absolute atomic E-state index is 12.9. The van der Waals surface area contributed by atoms with Crippen molar-refractivity contribution in [1.29, 1.82) is 0 Å². The second-order valence-corrected chi connectivity index (χ2v) is 6.49. The van der Waals surface area contributed by atoms with Crippen LogP contribution in [0.1, 0.15) is 12.8 Å². The molecule has 5 nitrogen and oxygen atoms in total. The number of hydrogen-bond donors (Lipinski definition) is 0. The van der Waals surface area contributed by atoms with E-state index < -0.39 is 0 Å². The highest BCUT2D eigenvalue weighted by molar-refractivity contribution is 6.01. The molecule has 2 saturated heterocycles. The van der Waals surface area contributed by atoms with Crippen LogP contribution in [0.2, 0.25) is 0 Å². The van der Waals surface area contributed by atoms with Gasteiger partial charge in [0.15, 0.2) is 0 Å². The topological polar surface area (TPSA) is 41.4 Å². The van der Waals surface area contributed by atoms with Crippen molar-refractivity contribution in [1.82, 2.24) is 14.7 Å². The molecule has 4 rings (SSSR count). The third kappa shape index (κ3) is 1.80. The van der Waals surface area contributed by atoms with Gasteiger partial charge in [0.1, 0.15) is 0 Å². The lowest BCUT2D eigenvalue weighted by molar-refractivity contribution is -0.124. The van der Waals surface area contributed by atoms with Crippen LogP contribution in [0, 0.1) is 5.41 Å². The molecule has 2 aliphatic heterocycles. The van der Waals surface area contributed by atoms with Gasteiger partial charge in [-0.1, -0.05) is 0 Å². The number of benzene rings is 1. The van der Waals surface area contributed by atoms with Gasteiger partial charge >= 0.3 is 0 Å². The Kier molecular flexibility index (Phi) is 2.63. The van der Waals surface area contributed by atoms with Gasteiger partial charge in [0.2, 0.25) is 5.91 Å². The molecule has 0 saturated carbocycles. The van der Waals surface area contributed by atoms with Crippen LogP contribution in [0.15, 0.2) is 24.4 Å². The number of rotatable bonds is 1. The first-order valence-electron chi connectivity index (χ1n) is 7.51. The first-order chi connectivity index (χ1) is 10.1. The van der Waals surface area contributed by atoms with Crippen molar-refractivity contribution in [2.75, 3.05) is 31.6 Å². The monoisotopic (exact) mass is 284 g/mol. The molecule has 110 valence electrons. The summed E-state index contributed by atoms with van der Waals surface area (Å²) in [6, 6.07) is 6.17. The van der Waals surface area contributed by atoms with Crippen LogP contribution < -0.4 is 4.90 Å². The minimum atomic E-state index is -0.140. The van der Waals surface area contributed by atoms with E-state index in [9.17, 15) is 4.79 Å². The third-order valence-electron chi connectivity index (χ3n) is 5.10. The van der Waals surface area contributed by atoms with Gasteiger partial charge in [0.25, 0.3) is 0 Å². The number of anilines is 1. The van der Waals surface area contributed by atoms with Crippen molar-refractivity contribution >= 4 is 22.5 Å². The van der Waals surface area contributed by atoms with E-state index in [2.05, 4.69) is 29.2 Å². The highest BCUT2D eigenvalue weighted by Crippen LogP contribution is 2.42. The number of aromatic nitrogens is 2. The van der Waals surface area contributed by atoms with Gasteiger partial charge in [-0.25, -0.2) is 0 Å². The summed E-state index contributed by atoms with van der Waals surface area (Å²) in [6.07, 6.45) is 3.83. The lowest BCUT2D eigenvalue weighted by Crippen LogP contribution is -2.36. The summed E-state index contributed by atoms with van der Waals surface area (Å²) in [6.45, 7) is 2.76. The Morgan fingerprint density at radius 3 is 2.76 bits per heavy atom. The van der Waals surface area contributed by atoms with Crippen molar-refractivity contribution in [3.63, 3.8) is 0 Å². The molecule has 5 heteroatoms. The molecule has 0 aliphatic carbocycles. The lowest BCUT2D eigenvalue weighted by Gasteiger charge is -2.23. The molecule has 3 heterocycles. The molecule has 2 fully saturated rings. The molecule has 1 spiro atoms. The van der Waals surface area contributed by atoms with Crippen LogP contribution in [0.5, 0.6) is 0 Å². The lowest BCUT2D eigenvalue weighted by atomic mass is 9.85. The fourth-order valence-electron chi connectivity index (χ4n) is 3.84. The molecule has 1 amide bonds. The Labute approximate surface area is 124 Å². The molecular formula is C16H20N4O. The summed E-state index contributed by atoms with van der Waals surface area (Å²) in [4.78, 5) is 17.1. The van der Waals surface area contributed by atoms with E-state index in [1.54, 1.807) is 0 Å². The highest BCUT2D eigenvalue weighted by Gasteiger charge is 2.50. The second kappa shape index (κ2) is 4.31. The summed E-state index contributed by atoms with van der Waals surface area (Å²) in [5.41, 5.74) is 1.96. The predicted molar refractivity (Wildman–Crippen MR) is 82.2 cm³/mol. The number of aryl methyl sites for hydroxylation is 1. The largest absolute Gasteiger partial charge is 0.312 e. The Morgan fingerprint density at radius 1 is 1.19 bits per heavy atom. The third-order valence-corrected chi connectivity index (χ3v) is 5.10. The maximum atomic E-state index is 12.9. The summed E-state index contributed by atoms with van der Waals surface area (Å²) in [5.74, 6) is 0.301. The van der Waals surface area contributed by atoms with Crippen LogP contribution in [0.4, 0.5) is 5.69 Å². The zero-order valence-corrected chi connectivity index (χ0v) is 12.5. The van der Waals surface area contributed by atoms with E-state index in [1.807, 2.05) is 28.9 Å². The van der Waals surface area contributed by atoms with Crippen LogP contribution in [-0.2, 0) is 11.8 Å². The zero-order chi connectivity index (χ0) is 14.6. The van der Waals surface area contributed by atoms with Gasteiger partial charge in [0.05, 0.1) is 17.1 Å². The molecule has 0 bridgehead atoms. The normalized spacial score (nSPS) is 26.6. The number of likely N-dealkylation sites (tertiary alicyclic amines) is 1. The number of amides is 1. The second-order valence-electron chi connectivity index (χ2n) is 6.49. The van der Waals surface area contributed by atoms with Gasteiger partial charge in [-0.15, -0.1) is 0 Å². The average molecular weight is 284 g/mol. The van der Waals surface area contributed by atoms with E-state index in [1.165, 1.54) is 0 Å². The number of fused-ring (bicyclic) bond motifs is 1. The van der Waals surface area contributed by atoms with Crippen molar-refractivity contribution in [2.24, 2.45) is 12.5 Å². The van der Waals surface area contributed by atoms with Crippen molar-refractivity contribution in [2.45, 2.75) is 12.8 Å². The van der Waals surface area contributed by atoms with Gasteiger partial charge in [-0.3, -0.25) is 9.48 Å². The minimum absolute atomic E-state index is 0.140. The van der Waals surface area contributed by atoms with Crippen LogP contribution in [0.3, 0.4) is 0 Å². The van der Waals surface area contributed by atoms with Crippen LogP contribution in [-0.4, -0.2) is 47.3 Å². The molecule has 1 atom stereocenters. The fourth-order valence-corrected chi connectivity index (χ4v) is 3.84. The van der Waals surface area contributed by atoms with Gasteiger partial charge < -0.3 is 9.80 Å². The van der Waals surface area contributed by atoms with Gasteiger partial charge in [-0.05, 0) is 44.6 Å². The zero-order valence-electron chi connectivity index (χ0n) is 12.5. The number of hydrogen-bond acceptors (Lipinski definition) is 3. The first kappa shape index (κ1) is 12.8. The maximum Gasteiger partial charge on any atom is 0.234 e. The highest BCUT2D eigenvalue weighted by atomic mass is 16.2. The molecular weight excluding hydrogens is 264 g/mol. The Hall–Kier alpha value is -1.88. The van der Waals surface area contributed by atoms with E-state index in [4.69, 9.17) is 0 Å². The Morgan fingerprint density at radius 2 is 2.00 bits per heavy atom. The molecule has 0 unspecified atom stereocenters. The average Bonchev–Trinajstić information content (AvgIpc) is 3.12. The molecule has 21 heavy (non-hydrogen) atoms. The molecule has 2 aliphatic rings. The summed E-state index contributed by atoms with van der Waals surface area (Å²) >= 11 is 0. The SMILES string of the molecule is CN1CC[C@]2(CCN(c3ccc4c(cnn4C)c3)C2=O)C1. The van der Waals surface area contributed by atoms with Crippen molar-refractivity contribution in [3.05, 3.63) is 24.4 Å². The van der Waals surface area contributed by atoms with Crippen LogP contribution in [0.25, 0.3) is 10.9 Å². The van der Waals surface area contributed by atoms with E-state index in [0.717, 1.165) is 49.1 Å². The fraction of sp³-hybridized carbons (Fsp3) is 0.500. The number of carbonyl (C=O) groups excluding carboxylic acids is 1. The van der Waals surface area contributed by atoms with E-state index in [0.29, 0.717) is 5.91 Å². The van der Waals surface area contributed by atoms with Crippen molar-refractivity contribution in [3.8, 4) is 0 Å². The van der Waals surface area contributed by atoms with E-state index in [-0.39, 0.29) is 5.41 Å². The van der Waals surface area contributed by atoms with Crippen molar-refractivity contribution < 1.29 is 4.79 Å². The summed E-state index contributed by atoms with van der Waals surface area (Å²) < 4.78 is 1.86. The standard InChI is InChI=1S/C16H20N4O/c1-18-7-5-16(11-18)6-8-20(15(16)21)13-3-4-14-12(9-13)10-17-19(14)2/h3-4,9-10H,5-8,11H2,1-2H3/t16-/m0/s1. The van der Waals surface area contributed by atoms with Crippen LogP contribution >= 0.6 is 0 Å². The van der Waals surface area contributed by atoms with Gasteiger partial charge in [0, 0.05) is 31.2 Å². The van der Waals surface area contributed by atoms with Gasteiger partial charge in [-0.2, -0.15) is 5.10 Å². The Balaban J connectivity index is 1.68. The Bertz CT molecular complexity index is 722. The minimum Gasteiger partial charge on any atom is -0.312 e. The number of carbonyl (C=O) groups is 1. The summed E-state index contributed by atoms with van der Waals surface area (Å²) in [7, 11) is 4.04.